The lowest BCUT2D eigenvalue weighted by atomic mass is 10.2. The van der Waals surface area contributed by atoms with Gasteiger partial charge in [0.05, 0.1) is 18.2 Å². The Hall–Kier alpha value is -0.280. The maximum Gasteiger partial charge on any atom is 0.573 e. The fraction of sp³-hybridized carbons (Fsp3) is 0.375. The Balaban J connectivity index is 3.16. The largest absolute Gasteiger partial charge is 0.573 e. The molecule has 1 aromatic rings. The SMILES string of the molecule is OCc1cc(CCl)c(OC(F)(F)F)c(I)n1. The molecule has 0 aliphatic rings. The predicted molar refractivity (Wildman–Crippen MR) is 59.1 cm³/mol. The quantitative estimate of drug-likeness (QED) is 0.507. The summed E-state index contributed by atoms with van der Waals surface area (Å²) in [6.07, 6.45) is -4.79. The lowest BCUT2D eigenvalue weighted by Gasteiger charge is -2.14. The van der Waals surface area contributed by atoms with E-state index in [-0.39, 0.29) is 27.4 Å². The van der Waals surface area contributed by atoms with Gasteiger partial charge in [0.15, 0.2) is 5.75 Å². The lowest BCUT2D eigenvalue weighted by Crippen LogP contribution is -2.19. The van der Waals surface area contributed by atoms with Crippen LogP contribution in [0.3, 0.4) is 0 Å². The Labute approximate surface area is 108 Å². The second-order valence-corrected chi connectivity index (χ2v) is 4.02. The van der Waals surface area contributed by atoms with Gasteiger partial charge in [0.1, 0.15) is 3.70 Å². The Bertz CT molecular complexity index is 386. The smallest absolute Gasteiger partial charge is 0.403 e. The van der Waals surface area contributed by atoms with Crippen LogP contribution in [0.5, 0.6) is 5.75 Å². The van der Waals surface area contributed by atoms with Gasteiger partial charge in [-0.15, -0.1) is 24.8 Å². The summed E-state index contributed by atoms with van der Waals surface area (Å²) in [6, 6.07) is 1.27. The molecule has 1 N–H and O–H groups in total. The van der Waals surface area contributed by atoms with Crippen LogP contribution in [0.2, 0.25) is 0 Å². The second-order valence-electron chi connectivity index (χ2n) is 2.73. The summed E-state index contributed by atoms with van der Waals surface area (Å²) in [5.74, 6) is -0.572. The molecule has 3 nitrogen and oxygen atoms in total. The van der Waals surface area contributed by atoms with Crippen molar-refractivity contribution in [3.8, 4) is 5.75 Å². The van der Waals surface area contributed by atoms with E-state index in [4.69, 9.17) is 16.7 Å². The number of ether oxygens (including phenoxy) is 1. The van der Waals surface area contributed by atoms with Crippen LogP contribution in [0.1, 0.15) is 11.3 Å². The number of aliphatic hydroxyl groups is 1. The molecule has 1 aromatic heterocycles. The highest BCUT2D eigenvalue weighted by Gasteiger charge is 2.33. The summed E-state index contributed by atoms with van der Waals surface area (Å²) in [5, 5.41) is 8.83. The van der Waals surface area contributed by atoms with Crippen LogP contribution < -0.4 is 4.74 Å². The zero-order valence-corrected chi connectivity index (χ0v) is 10.6. The van der Waals surface area contributed by atoms with Gasteiger partial charge in [-0.1, -0.05) is 0 Å². The van der Waals surface area contributed by atoms with Gasteiger partial charge in [-0.3, -0.25) is 0 Å². The molecular formula is C8H6ClF3INO2. The minimum atomic E-state index is -4.79. The highest BCUT2D eigenvalue weighted by atomic mass is 127. The first kappa shape index (κ1) is 13.8. The summed E-state index contributed by atoms with van der Waals surface area (Å²) in [4.78, 5) is 3.74. The molecule has 0 fully saturated rings. The van der Waals surface area contributed by atoms with Crippen molar-refractivity contribution < 1.29 is 23.0 Å². The van der Waals surface area contributed by atoms with Gasteiger partial charge in [-0.05, 0) is 28.7 Å². The van der Waals surface area contributed by atoms with Crippen molar-refractivity contribution in [3.63, 3.8) is 0 Å². The Morgan fingerprint density at radius 3 is 2.56 bits per heavy atom. The molecule has 16 heavy (non-hydrogen) atoms. The van der Waals surface area contributed by atoms with Crippen molar-refractivity contribution >= 4 is 34.2 Å². The third-order valence-electron chi connectivity index (χ3n) is 1.59. The van der Waals surface area contributed by atoms with Crippen LogP contribution in [-0.2, 0) is 12.5 Å². The molecule has 0 unspecified atom stereocenters. The number of halogens is 5. The average molecular weight is 367 g/mol. The number of aromatic nitrogens is 1. The van der Waals surface area contributed by atoms with Crippen molar-refractivity contribution in [2.45, 2.75) is 18.8 Å². The molecule has 0 aliphatic carbocycles. The van der Waals surface area contributed by atoms with Crippen molar-refractivity contribution in [3.05, 3.63) is 21.0 Å². The molecule has 8 heteroatoms. The van der Waals surface area contributed by atoms with E-state index in [1.807, 2.05) is 0 Å². The summed E-state index contributed by atoms with van der Waals surface area (Å²) >= 11 is 7.09. The number of rotatable bonds is 3. The first-order chi connectivity index (χ1) is 7.37. The van der Waals surface area contributed by atoms with Crippen molar-refractivity contribution in [1.29, 1.82) is 0 Å². The van der Waals surface area contributed by atoms with Gasteiger partial charge in [0.2, 0.25) is 0 Å². The monoisotopic (exact) mass is 367 g/mol. The van der Waals surface area contributed by atoms with Crippen LogP contribution in [0, 0.1) is 3.70 Å². The summed E-state index contributed by atoms with van der Waals surface area (Å²) in [6.45, 7) is -0.369. The van der Waals surface area contributed by atoms with E-state index < -0.39 is 12.1 Å². The first-order valence-corrected chi connectivity index (χ1v) is 5.59. The predicted octanol–water partition coefficient (Wildman–Crippen LogP) is 2.82. The molecule has 0 radical (unpaired) electrons. The zero-order valence-electron chi connectivity index (χ0n) is 7.68. The third-order valence-corrected chi connectivity index (χ3v) is 2.60. The highest BCUT2D eigenvalue weighted by Crippen LogP contribution is 2.31. The van der Waals surface area contributed by atoms with Crippen LogP contribution in [-0.4, -0.2) is 16.5 Å². The van der Waals surface area contributed by atoms with Gasteiger partial charge in [-0.25, -0.2) is 4.98 Å². The summed E-state index contributed by atoms with van der Waals surface area (Å²) in [7, 11) is 0. The summed E-state index contributed by atoms with van der Waals surface area (Å²) < 4.78 is 40.1. The Morgan fingerprint density at radius 2 is 2.12 bits per heavy atom. The number of alkyl halides is 4. The highest BCUT2D eigenvalue weighted by molar-refractivity contribution is 14.1. The van der Waals surface area contributed by atoms with Gasteiger partial charge < -0.3 is 9.84 Å². The normalized spacial score (nSPS) is 11.6. The molecule has 0 atom stereocenters. The van der Waals surface area contributed by atoms with Crippen LogP contribution in [0.25, 0.3) is 0 Å². The van der Waals surface area contributed by atoms with E-state index in [1.54, 1.807) is 22.6 Å². The van der Waals surface area contributed by atoms with Crippen molar-refractivity contribution in [2.24, 2.45) is 0 Å². The molecule has 0 bridgehead atoms. The molecule has 0 saturated heterocycles. The molecule has 0 amide bonds. The minimum absolute atomic E-state index is 0.0112. The third kappa shape index (κ3) is 3.63. The number of hydrogen-bond donors (Lipinski definition) is 1. The van der Waals surface area contributed by atoms with Crippen LogP contribution >= 0.6 is 34.2 Å². The standard InChI is InChI=1S/C8H6ClF3INO2/c9-2-4-1-5(3-15)14-7(13)6(4)16-8(10,11)12/h1,15H,2-3H2. The molecule has 0 aliphatic heterocycles. The van der Waals surface area contributed by atoms with E-state index >= 15 is 0 Å². The van der Waals surface area contributed by atoms with Gasteiger partial charge in [0.25, 0.3) is 0 Å². The maximum atomic E-state index is 12.1. The first-order valence-electron chi connectivity index (χ1n) is 3.98. The van der Waals surface area contributed by atoms with E-state index in [0.29, 0.717) is 0 Å². The second kappa shape index (κ2) is 5.37. The maximum absolute atomic E-state index is 12.1. The summed E-state index contributed by atoms with van der Waals surface area (Å²) in [5.41, 5.74) is 0.386. The molecule has 0 spiro atoms. The van der Waals surface area contributed by atoms with Crippen molar-refractivity contribution in [2.75, 3.05) is 0 Å². The van der Waals surface area contributed by atoms with Crippen LogP contribution in [0.4, 0.5) is 13.2 Å². The fourth-order valence-electron chi connectivity index (χ4n) is 1.01. The Kier molecular flexibility index (Phi) is 4.62. The van der Waals surface area contributed by atoms with E-state index in [0.717, 1.165) is 0 Å². The van der Waals surface area contributed by atoms with E-state index in [1.165, 1.54) is 6.07 Å². The van der Waals surface area contributed by atoms with Crippen molar-refractivity contribution in [1.82, 2.24) is 4.98 Å². The molecule has 90 valence electrons. The number of nitrogens with zero attached hydrogens (tertiary/aromatic N) is 1. The molecule has 0 saturated carbocycles. The van der Waals surface area contributed by atoms with Crippen LogP contribution in [0.15, 0.2) is 6.07 Å². The molecule has 0 aromatic carbocycles. The van der Waals surface area contributed by atoms with E-state index in [9.17, 15) is 13.2 Å². The number of aliphatic hydroxyl groups excluding tert-OH is 1. The van der Waals surface area contributed by atoms with Gasteiger partial charge in [0, 0.05) is 5.56 Å². The number of hydrogen-bond acceptors (Lipinski definition) is 3. The number of pyridine rings is 1. The fourth-order valence-corrected chi connectivity index (χ4v) is 1.98. The van der Waals surface area contributed by atoms with E-state index in [2.05, 4.69) is 9.72 Å². The Morgan fingerprint density at radius 1 is 1.50 bits per heavy atom. The minimum Gasteiger partial charge on any atom is -0.403 e. The lowest BCUT2D eigenvalue weighted by molar-refractivity contribution is -0.275. The average Bonchev–Trinajstić information content (AvgIpc) is 2.19. The zero-order chi connectivity index (χ0) is 12.3. The van der Waals surface area contributed by atoms with Gasteiger partial charge >= 0.3 is 6.36 Å². The molecular weight excluding hydrogens is 361 g/mol. The molecule has 1 heterocycles. The topological polar surface area (TPSA) is 42.4 Å². The molecule has 1 rings (SSSR count). The van der Waals surface area contributed by atoms with Gasteiger partial charge in [-0.2, -0.15) is 0 Å².